The molecule has 0 saturated carbocycles. The smallest absolute Gasteiger partial charge is 0.319 e. The van der Waals surface area contributed by atoms with Gasteiger partial charge in [-0.3, -0.25) is 9.36 Å². The third kappa shape index (κ3) is 3.53. The predicted octanol–water partition coefficient (Wildman–Crippen LogP) is 5.59. The molecule has 0 saturated heterocycles. The van der Waals surface area contributed by atoms with Crippen molar-refractivity contribution in [3.63, 3.8) is 0 Å². The Balaban J connectivity index is 1.86. The van der Waals surface area contributed by atoms with E-state index in [-0.39, 0.29) is 0 Å². The normalized spacial score (nSPS) is 14.1. The molecule has 1 N–H and O–H groups in total. The summed E-state index contributed by atoms with van der Waals surface area (Å²) in [5.74, 6) is -0.874. The molecule has 1 aliphatic carbocycles. The Kier molecular flexibility index (Phi) is 5.37. The first-order valence-corrected chi connectivity index (χ1v) is 11.5. The highest BCUT2D eigenvalue weighted by Gasteiger charge is 2.33. The summed E-state index contributed by atoms with van der Waals surface area (Å²) in [6, 6.07) is 10.5. The van der Waals surface area contributed by atoms with Gasteiger partial charge < -0.3 is 5.11 Å². The topological polar surface area (TPSA) is 68.0 Å². The number of halogens is 1. The van der Waals surface area contributed by atoms with E-state index in [1.807, 2.05) is 10.6 Å². The van der Waals surface area contributed by atoms with Gasteiger partial charge in [-0.15, -0.1) is 21.5 Å². The van der Waals surface area contributed by atoms with Crippen LogP contribution in [0.4, 0.5) is 0 Å². The first-order valence-electron chi connectivity index (χ1n) is 9.12. The number of aliphatic carboxylic acids is 1. The van der Waals surface area contributed by atoms with Crippen molar-refractivity contribution in [2.24, 2.45) is 0 Å². The molecular weight excluding hydrogens is 458 g/mol. The van der Waals surface area contributed by atoms with Gasteiger partial charge in [-0.05, 0) is 72.2 Å². The molecule has 0 aliphatic heterocycles. The van der Waals surface area contributed by atoms with Crippen LogP contribution >= 0.6 is 39.0 Å². The number of carboxylic acids is 1. The maximum absolute atomic E-state index is 11.6. The van der Waals surface area contributed by atoms with Crippen molar-refractivity contribution < 1.29 is 9.90 Å². The molecule has 3 aromatic rings. The lowest BCUT2D eigenvalue weighted by molar-refractivity contribution is -0.138. The predicted molar refractivity (Wildman–Crippen MR) is 117 cm³/mol. The van der Waals surface area contributed by atoms with Crippen molar-refractivity contribution in [2.75, 3.05) is 0 Å². The molecule has 0 atom stereocenters. The molecule has 4 rings (SSSR count). The summed E-state index contributed by atoms with van der Waals surface area (Å²) in [4.78, 5) is 12.9. The molecule has 1 aliphatic rings. The fourth-order valence-electron chi connectivity index (χ4n) is 3.38. The van der Waals surface area contributed by atoms with Crippen LogP contribution in [-0.4, -0.2) is 30.6 Å². The van der Waals surface area contributed by atoms with Crippen LogP contribution in [-0.2, 0) is 17.6 Å². The van der Waals surface area contributed by atoms with E-state index in [1.165, 1.54) is 39.8 Å². The highest BCUT2D eigenvalue weighted by molar-refractivity contribution is 9.10. The number of thioether (sulfide) groups is 1. The van der Waals surface area contributed by atoms with Crippen molar-refractivity contribution in [1.29, 1.82) is 0 Å². The van der Waals surface area contributed by atoms with Crippen LogP contribution in [0.25, 0.3) is 15.4 Å². The van der Waals surface area contributed by atoms with E-state index in [0.717, 1.165) is 24.3 Å². The number of benzene rings is 1. The van der Waals surface area contributed by atoms with E-state index < -0.39 is 10.7 Å². The molecule has 0 spiro atoms. The van der Waals surface area contributed by atoms with E-state index in [2.05, 4.69) is 50.4 Å². The zero-order valence-electron chi connectivity index (χ0n) is 15.6. The first kappa shape index (κ1) is 19.7. The summed E-state index contributed by atoms with van der Waals surface area (Å²) in [7, 11) is 0. The van der Waals surface area contributed by atoms with Gasteiger partial charge in [0.15, 0.2) is 5.16 Å². The second-order valence-corrected chi connectivity index (χ2v) is 10.6. The van der Waals surface area contributed by atoms with Crippen LogP contribution in [0.1, 0.15) is 37.8 Å². The number of fused-ring (bicyclic) bond motifs is 1. The Hall–Kier alpha value is -1.64. The number of hydrogen-bond acceptors (Lipinski definition) is 5. The minimum atomic E-state index is -0.996. The maximum atomic E-state index is 11.6. The van der Waals surface area contributed by atoms with Crippen molar-refractivity contribution in [1.82, 2.24) is 14.8 Å². The lowest BCUT2D eigenvalue weighted by Gasteiger charge is -2.19. The van der Waals surface area contributed by atoms with Crippen LogP contribution in [0.3, 0.4) is 0 Å². The molecule has 8 heteroatoms. The largest absolute Gasteiger partial charge is 0.480 e. The third-order valence-corrected chi connectivity index (χ3v) is 7.85. The first-order chi connectivity index (χ1) is 13.4. The average Bonchev–Trinajstić information content (AvgIpc) is 3.22. The number of carbonyl (C=O) groups is 1. The summed E-state index contributed by atoms with van der Waals surface area (Å²) in [6.07, 6.45) is 4.44. The van der Waals surface area contributed by atoms with Gasteiger partial charge in [0.05, 0.1) is 0 Å². The van der Waals surface area contributed by atoms with Crippen LogP contribution in [0.2, 0.25) is 0 Å². The van der Waals surface area contributed by atoms with E-state index in [1.54, 1.807) is 25.2 Å². The Morgan fingerprint density at radius 3 is 2.54 bits per heavy atom. The van der Waals surface area contributed by atoms with Crippen LogP contribution in [0.5, 0.6) is 0 Å². The molecule has 0 radical (unpaired) electrons. The van der Waals surface area contributed by atoms with E-state index in [9.17, 15) is 9.90 Å². The van der Waals surface area contributed by atoms with E-state index >= 15 is 0 Å². The highest BCUT2D eigenvalue weighted by atomic mass is 79.9. The van der Waals surface area contributed by atoms with Crippen molar-refractivity contribution in [3.8, 4) is 15.4 Å². The molecule has 5 nitrogen and oxygen atoms in total. The fourth-order valence-corrected chi connectivity index (χ4v) is 6.40. The van der Waals surface area contributed by atoms with E-state index in [4.69, 9.17) is 0 Å². The molecule has 146 valence electrons. The zero-order valence-corrected chi connectivity index (χ0v) is 18.8. The van der Waals surface area contributed by atoms with Crippen molar-refractivity contribution in [3.05, 3.63) is 46.2 Å². The molecular formula is C20H20BrN3O2S2. The quantitative estimate of drug-likeness (QED) is 0.484. The third-order valence-electron chi connectivity index (χ3n) is 4.89. The second kappa shape index (κ2) is 7.65. The second-order valence-electron chi connectivity index (χ2n) is 7.27. The molecule has 2 heterocycles. The fraction of sp³-hybridized carbons (Fsp3) is 0.350. The van der Waals surface area contributed by atoms with Gasteiger partial charge in [0, 0.05) is 4.88 Å². The number of carboxylic acid groups (broad SMARTS) is 1. The lowest BCUT2D eigenvalue weighted by Crippen LogP contribution is -2.27. The van der Waals surface area contributed by atoms with E-state index in [0.29, 0.717) is 9.89 Å². The minimum absolute atomic E-state index is 0.591. The monoisotopic (exact) mass is 477 g/mol. The van der Waals surface area contributed by atoms with Gasteiger partial charge in [0.1, 0.15) is 9.75 Å². The molecule has 0 unspecified atom stereocenters. The highest BCUT2D eigenvalue weighted by Crippen LogP contribution is 2.45. The van der Waals surface area contributed by atoms with Crippen LogP contribution < -0.4 is 0 Å². The number of aromatic nitrogens is 3. The molecule has 2 aromatic heterocycles. The maximum Gasteiger partial charge on any atom is 0.319 e. The van der Waals surface area contributed by atoms with Gasteiger partial charge in [0.25, 0.3) is 0 Å². The summed E-state index contributed by atoms with van der Waals surface area (Å²) in [6.45, 7) is 3.37. The zero-order chi connectivity index (χ0) is 19.9. The van der Waals surface area contributed by atoms with Gasteiger partial charge in [0.2, 0.25) is 4.73 Å². The Morgan fingerprint density at radius 2 is 1.86 bits per heavy atom. The Morgan fingerprint density at radius 1 is 1.18 bits per heavy atom. The van der Waals surface area contributed by atoms with Gasteiger partial charge in [-0.1, -0.05) is 42.1 Å². The van der Waals surface area contributed by atoms with Gasteiger partial charge in [-0.25, -0.2) is 0 Å². The van der Waals surface area contributed by atoms with Crippen LogP contribution in [0, 0.1) is 0 Å². The lowest BCUT2D eigenvalue weighted by atomic mass is 9.91. The average molecular weight is 478 g/mol. The number of thiophene rings is 1. The van der Waals surface area contributed by atoms with Crippen molar-refractivity contribution >= 4 is 45.0 Å². The number of rotatable bonds is 5. The molecule has 0 amide bonds. The number of hydrogen-bond donors (Lipinski definition) is 1. The molecule has 0 bridgehead atoms. The summed E-state index contributed by atoms with van der Waals surface area (Å²) >= 11 is 6.49. The Bertz CT molecular complexity index is 1030. The summed E-state index contributed by atoms with van der Waals surface area (Å²) in [5.41, 5.74) is 3.97. The molecule has 0 fully saturated rings. The molecule has 1 aromatic carbocycles. The van der Waals surface area contributed by atoms with Gasteiger partial charge >= 0.3 is 5.97 Å². The van der Waals surface area contributed by atoms with Crippen molar-refractivity contribution in [2.45, 2.75) is 49.4 Å². The Labute approximate surface area is 180 Å². The van der Waals surface area contributed by atoms with Gasteiger partial charge in [-0.2, -0.15) is 0 Å². The summed E-state index contributed by atoms with van der Waals surface area (Å²) < 4.78 is 1.57. The summed E-state index contributed by atoms with van der Waals surface area (Å²) in [5, 5.41) is 19.7. The standard InChI is InChI=1S/C20H20BrN3O2S2/c1-20(2,17(25)26)28-19-23-22-18(21)24(19)16-14-11-7-6-10-13(14)15(27-16)12-8-4-3-5-9-12/h3-5,8-9H,6-7,10-11H2,1-2H3,(H,25,26). The minimum Gasteiger partial charge on any atom is -0.480 e. The van der Waals surface area contributed by atoms with Crippen LogP contribution in [0.15, 0.2) is 40.2 Å². The molecule has 28 heavy (non-hydrogen) atoms. The SMILES string of the molecule is CC(C)(Sc1nnc(Br)n1-c1sc(-c2ccccc2)c2c1CCCC2)C(=O)O. The number of nitrogens with zero attached hydrogens (tertiary/aromatic N) is 3.